The molecule has 0 bridgehead atoms. The van der Waals surface area contributed by atoms with Gasteiger partial charge in [0.2, 0.25) is 0 Å². The Morgan fingerprint density at radius 2 is 2.40 bits per heavy atom. The number of carbonyl (C=O) groups is 1. The lowest BCUT2D eigenvalue weighted by molar-refractivity contribution is -0.141. The van der Waals surface area contributed by atoms with Crippen molar-refractivity contribution in [1.29, 1.82) is 0 Å². The van der Waals surface area contributed by atoms with Crippen LogP contribution in [0.25, 0.3) is 5.65 Å². The zero-order valence-electron chi connectivity index (χ0n) is 8.29. The Morgan fingerprint density at radius 3 is 3.07 bits per heavy atom. The Morgan fingerprint density at radius 1 is 1.60 bits per heavy atom. The lowest BCUT2D eigenvalue weighted by Gasteiger charge is -2.00. The van der Waals surface area contributed by atoms with E-state index in [-0.39, 0.29) is 0 Å². The highest BCUT2D eigenvalue weighted by molar-refractivity contribution is 5.69. The minimum Gasteiger partial charge on any atom is -0.481 e. The number of carboxylic acids is 1. The number of carboxylic acid groups (broad SMARTS) is 1. The molecule has 0 radical (unpaired) electrons. The van der Waals surface area contributed by atoms with Crippen molar-refractivity contribution in [3.8, 4) is 0 Å². The zero-order chi connectivity index (χ0) is 10.8. The van der Waals surface area contributed by atoms with Crippen LogP contribution in [0.2, 0.25) is 0 Å². The van der Waals surface area contributed by atoms with E-state index >= 15 is 0 Å². The molecule has 1 atom stereocenters. The Labute approximate surface area is 86.4 Å². The fraction of sp³-hybridized carbons (Fsp3) is 0.300. The third-order valence-electron chi connectivity index (χ3n) is 2.20. The molecule has 5 heteroatoms. The number of hydrogen-bond acceptors (Lipinski definition) is 3. The van der Waals surface area contributed by atoms with Crippen LogP contribution in [0.4, 0.5) is 0 Å². The quantitative estimate of drug-likeness (QED) is 0.811. The number of aromatic nitrogens is 3. The number of pyridine rings is 1. The molecule has 2 aromatic rings. The van der Waals surface area contributed by atoms with Crippen molar-refractivity contribution in [2.24, 2.45) is 5.92 Å². The molecule has 0 aliphatic rings. The van der Waals surface area contributed by atoms with Crippen LogP contribution < -0.4 is 0 Å². The van der Waals surface area contributed by atoms with E-state index in [9.17, 15) is 4.79 Å². The standard InChI is InChI=1S/C10H11N3O2/c1-7(10(14)15)6-8-11-9-4-2-3-5-13(9)12-8/h2-5,7H,6H2,1H3,(H,14,15). The molecule has 0 aliphatic heterocycles. The van der Waals surface area contributed by atoms with E-state index in [1.807, 2.05) is 18.2 Å². The SMILES string of the molecule is CC(Cc1nc2ccccn2n1)C(=O)O. The maximum atomic E-state index is 10.7. The molecule has 0 aliphatic carbocycles. The van der Waals surface area contributed by atoms with Gasteiger partial charge in [0.25, 0.3) is 0 Å². The summed E-state index contributed by atoms with van der Waals surface area (Å²) in [5, 5.41) is 12.9. The fourth-order valence-corrected chi connectivity index (χ4v) is 1.33. The van der Waals surface area contributed by atoms with Crippen molar-refractivity contribution in [2.75, 3.05) is 0 Å². The molecule has 0 aromatic carbocycles. The van der Waals surface area contributed by atoms with E-state index in [0.717, 1.165) is 5.65 Å². The molecule has 0 saturated heterocycles. The lowest BCUT2D eigenvalue weighted by Crippen LogP contribution is -2.13. The van der Waals surface area contributed by atoms with Crippen molar-refractivity contribution in [3.05, 3.63) is 30.2 Å². The highest BCUT2D eigenvalue weighted by Crippen LogP contribution is 2.06. The molecule has 78 valence electrons. The number of hydrogen-bond donors (Lipinski definition) is 1. The van der Waals surface area contributed by atoms with Gasteiger partial charge in [0.15, 0.2) is 11.5 Å². The van der Waals surface area contributed by atoms with Crippen LogP contribution in [-0.4, -0.2) is 25.7 Å². The smallest absolute Gasteiger partial charge is 0.306 e. The average Bonchev–Trinajstić information content (AvgIpc) is 2.59. The van der Waals surface area contributed by atoms with Crippen molar-refractivity contribution >= 4 is 11.6 Å². The predicted octanol–water partition coefficient (Wildman–Crippen LogP) is 0.992. The Bertz CT molecular complexity index is 459. The van der Waals surface area contributed by atoms with E-state index in [1.165, 1.54) is 0 Å². The first-order chi connectivity index (χ1) is 7.16. The largest absolute Gasteiger partial charge is 0.481 e. The lowest BCUT2D eigenvalue weighted by atomic mass is 10.1. The van der Waals surface area contributed by atoms with Gasteiger partial charge in [-0.25, -0.2) is 9.50 Å². The second-order valence-electron chi connectivity index (χ2n) is 3.47. The summed E-state index contributed by atoms with van der Waals surface area (Å²) in [7, 11) is 0. The van der Waals surface area contributed by atoms with Crippen LogP contribution in [0, 0.1) is 5.92 Å². The number of rotatable bonds is 3. The molecular weight excluding hydrogens is 194 g/mol. The third kappa shape index (κ3) is 1.96. The molecular formula is C10H11N3O2. The molecule has 5 nitrogen and oxygen atoms in total. The summed E-state index contributed by atoms with van der Waals surface area (Å²) in [5.41, 5.74) is 0.741. The molecule has 15 heavy (non-hydrogen) atoms. The van der Waals surface area contributed by atoms with Crippen molar-refractivity contribution in [2.45, 2.75) is 13.3 Å². The van der Waals surface area contributed by atoms with Gasteiger partial charge >= 0.3 is 5.97 Å². The molecule has 0 spiro atoms. The highest BCUT2D eigenvalue weighted by Gasteiger charge is 2.14. The molecule has 0 saturated carbocycles. The van der Waals surface area contributed by atoms with Crippen LogP contribution in [0.5, 0.6) is 0 Å². The normalized spacial score (nSPS) is 12.9. The topological polar surface area (TPSA) is 67.5 Å². The van der Waals surface area contributed by atoms with Crippen LogP contribution >= 0.6 is 0 Å². The van der Waals surface area contributed by atoms with Gasteiger partial charge in [0.05, 0.1) is 5.92 Å². The van der Waals surface area contributed by atoms with Gasteiger partial charge in [0.1, 0.15) is 0 Å². The fourth-order valence-electron chi connectivity index (χ4n) is 1.33. The van der Waals surface area contributed by atoms with Crippen LogP contribution in [0.3, 0.4) is 0 Å². The van der Waals surface area contributed by atoms with E-state index < -0.39 is 11.9 Å². The van der Waals surface area contributed by atoms with Crippen molar-refractivity contribution in [3.63, 3.8) is 0 Å². The second-order valence-corrected chi connectivity index (χ2v) is 3.47. The Balaban J connectivity index is 2.26. The molecule has 1 N–H and O–H groups in total. The summed E-state index contributed by atoms with van der Waals surface area (Å²) >= 11 is 0. The predicted molar refractivity (Wildman–Crippen MR) is 53.5 cm³/mol. The van der Waals surface area contributed by atoms with Crippen LogP contribution in [-0.2, 0) is 11.2 Å². The summed E-state index contributed by atoms with van der Waals surface area (Å²) < 4.78 is 1.64. The average molecular weight is 205 g/mol. The van der Waals surface area contributed by atoms with Gasteiger partial charge in [-0.3, -0.25) is 4.79 Å². The molecule has 2 aromatic heterocycles. The number of aliphatic carboxylic acids is 1. The first-order valence-electron chi connectivity index (χ1n) is 4.70. The Hall–Kier alpha value is -1.91. The molecule has 2 heterocycles. The monoisotopic (exact) mass is 205 g/mol. The van der Waals surface area contributed by atoms with E-state index in [0.29, 0.717) is 12.2 Å². The maximum absolute atomic E-state index is 10.7. The minimum atomic E-state index is -0.825. The van der Waals surface area contributed by atoms with E-state index in [1.54, 1.807) is 17.6 Å². The number of fused-ring (bicyclic) bond motifs is 1. The van der Waals surface area contributed by atoms with Crippen molar-refractivity contribution in [1.82, 2.24) is 14.6 Å². The highest BCUT2D eigenvalue weighted by atomic mass is 16.4. The molecule has 0 amide bonds. The summed E-state index contributed by atoms with van der Waals surface area (Å²) in [6, 6.07) is 5.56. The van der Waals surface area contributed by atoms with Gasteiger partial charge in [-0.15, -0.1) is 0 Å². The molecule has 1 unspecified atom stereocenters. The van der Waals surface area contributed by atoms with Crippen molar-refractivity contribution < 1.29 is 9.90 Å². The summed E-state index contributed by atoms with van der Waals surface area (Å²) in [6.45, 7) is 1.65. The number of nitrogens with zero attached hydrogens (tertiary/aromatic N) is 3. The van der Waals surface area contributed by atoms with Gasteiger partial charge in [-0.05, 0) is 12.1 Å². The summed E-state index contributed by atoms with van der Waals surface area (Å²) in [5.74, 6) is -0.715. The summed E-state index contributed by atoms with van der Waals surface area (Å²) in [4.78, 5) is 14.9. The van der Waals surface area contributed by atoms with Crippen LogP contribution in [0.15, 0.2) is 24.4 Å². The van der Waals surface area contributed by atoms with E-state index in [2.05, 4.69) is 10.1 Å². The minimum absolute atomic E-state index is 0.358. The molecule has 0 fully saturated rings. The van der Waals surface area contributed by atoms with Gasteiger partial charge in [0, 0.05) is 12.6 Å². The zero-order valence-corrected chi connectivity index (χ0v) is 8.29. The first-order valence-corrected chi connectivity index (χ1v) is 4.70. The third-order valence-corrected chi connectivity index (χ3v) is 2.20. The van der Waals surface area contributed by atoms with Gasteiger partial charge in [-0.2, -0.15) is 5.10 Å². The molecule has 2 rings (SSSR count). The first kappa shape index (κ1) is 9.64. The van der Waals surface area contributed by atoms with Gasteiger partial charge < -0.3 is 5.11 Å². The maximum Gasteiger partial charge on any atom is 0.306 e. The van der Waals surface area contributed by atoms with Crippen LogP contribution in [0.1, 0.15) is 12.7 Å². The summed E-state index contributed by atoms with van der Waals surface area (Å²) in [6.07, 6.45) is 2.15. The van der Waals surface area contributed by atoms with Gasteiger partial charge in [-0.1, -0.05) is 13.0 Å². The Kier molecular flexibility index (Phi) is 2.37. The van der Waals surface area contributed by atoms with E-state index in [4.69, 9.17) is 5.11 Å². The second kappa shape index (κ2) is 3.68.